The van der Waals surface area contributed by atoms with Gasteiger partial charge in [0.2, 0.25) is 0 Å². The number of phenols is 2. The molecule has 2 rings (SSSR count). The third kappa shape index (κ3) is 3.85. The number of hydrogen-bond donors (Lipinski definition) is 3. The molecule has 0 saturated carbocycles. The molecule has 1 aromatic rings. The molecule has 1 aliphatic rings. The van der Waals surface area contributed by atoms with Crippen molar-refractivity contribution >= 4 is 0 Å². The molecule has 4 heteroatoms. The maximum Gasteiger partial charge on any atom is 0.119 e. The van der Waals surface area contributed by atoms with Crippen LogP contribution in [0.4, 0.5) is 0 Å². The van der Waals surface area contributed by atoms with Gasteiger partial charge in [-0.05, 0) is 51.1 Å². The van der Waals surface area contributed by atoms with Crippen LogP contribution in [-0.2, 0) is 0 Å². The molecular formula is C15H24N2O2. The molecule has 1 aliphatic heterocycles. The predicted molar refractivity (Wildman–Crippen MR) is 76.5 cm³/mol. The van der Waals surface area contributed by atoms with Crippen LogP contribution in [-0.4, -0.2) is 41.3 Å². The molecule has 2 atom stereocenters. The highest BCUT2D eigenvalue weighted by molar-refractivity contribution is 5.37. The highest BCUT2D eigenvalue weighted by atomic mass is 16.3. The van der Waals surface area contributed by atoms with E-state index in [1.165, 1.54) is 25.3 Å². The standard InChI is InChI=1S/C15H24N2O2/c1-11(12-7-14(18)9-15(19)8-12)17(2)10-13-5-3-4-6-16-13/h7-9,11,13,16,18-19H,3-6,10H2,1-2H3. The lowest BCUT2D eigenvalue weighted by Crippen LogP contribution is -2.43. The quantitative estimate of drug-likeness (QED) is 0.780. The van der Waals surface area contributed by atoms with Crippen molar-refractivity contribution < 1.29 is 10.2 Å². The van der Waals surface area contributed by atoms with Crippen molar-refractivity contribution in [1.29, 1.82) is 0 Å². The first-order valence-corrected chi connectivity index (χ1v) is 7.03. The Hall–Kier alpha value is -1.26. The highest BCUT2D eigenvalue weighted by Crippen LogP contribution is 2.27. The first-order chi connectivity index (χ1) is 9.06. The molecule has 19 heavy (non-hydrogen) atoms. The summed E-state index contributed by atoms with van der Waals surface area (Å²) in [6.45, 7) is 4.19. The Morgan fingerprint density at radius 2 is 1.95 bits per heavy atom. The molecule has 0 spiro atoms. The van der Waals surface area contributed by atoms with Gasteiger partial charge in [-0.3, -0.25) is 4.90 Å². The topological polar surface area (TPSA) is 55.7 Å². The highest BCUT2D eigenvalue weighted by Gasteiger charge is 2.19. The molecule has 1 fully saturated rings. The molecule has 4 nitrogen and oxygen atoms in total. The Morgan fingerprint density at radius 3 is 2.53 bits per heavy atom. The average Bonchev–Trinajstić information content (AvgIpc) is 2.37. The lowest BCUT2D eigenvalue weighted by Gasteiger charge is -2.32. The molecule has 0 aliphatic carbocycles. The average molecular weight is 264 g/mol. The van der Waals surface area contributed by atoms with Gasteiger partial charge in [-0.15, -0.1) is 0 Å². The summed E-state index contributed by atoms with van der Waals surface area (Å²) in [5, 5.41) is 22.6. The maximum absolute atomic E-state index is 9.56. The number of phenolic OH excluding ortho intramolecular Hbond substituents is 2. The van der Waals surface area contributed by atoms with E-state index in [0.717, 1.165) is 18.7 Å². The molecule has 1 aromatic carbocycles. The molecule has 1 heterocycles. The van der Waals surface area contributed by atoms with E-state index in [0.29, 0.717) is 6.04 Å². The number of nitrogens with zero attached hydrogens (tertiary/aromatic N) is 1. The summed E-state index contributed by atoms with van der Waals surface area (Å²) in [4.78, 5) is 2.26. The molecule has 1 saturated heterocycles. The van der Waals surface area contributed by atoms with Crippen LogP contribution in [0.15, 0.2) is 18.2 Å². The zero-order valence-electron chi connectivity index (χ0n) is 11.8. The van der Waals surface area contributed by atoms with Crippen molar-refractivity contribution in [1.82, 2.24) is 10.2 Å². The Balaban J connectivity index is 1.99. The summed E-state index contributed by atoms with van der Waals surface area (Å²) in [6.07, 6.45) is 3.80. The maximum atomic E-state index is 9.56. The number of nitrogens with one attached hydrogen (secondary N) is 1. The Bertz CT molecular complexity index is 396. The van der Waals surface area contributed by atoms with Crippen LogP contribution in [0.5, 0.6) is 11.5 Å². The van der Waals surface area contributed by atoms with Crippen LogP contribution in [0.3, 0.4) is 0 Å². The SMILES string of the molecule is CC(c1cc(O)cc(O)c1)N(C)CC1CCCCN1. The van der Waals surface area contributed by atoms with Crippen molar-refractivity contribution in [2.45, 2.75) is 38.3 Å². The summed E-state index contributed by atoms with van der Waals surface area (Å²) in [6, 6.07) is 5.51. The number of rotatable bonds is 4. The van der Waals surface area contributed by atoms with Gasteiger partial charge in [-0.25, -0.2) is 0 Å². The van der Waals surface area contributed by atoms with Gasteiger partial charge in [0.05, 0.1) is 0 Å². The van der Waals surface area contributed by atoms with Crippen molar-refractivity contribution in [3.63, 3.8) is 0 Å². The van der Waals surface area contributed by atoms with Gasteiger partial charge in [0, 0.05) is 24.7 Å². The van der Waals surface area contributed by atoms with Gasteiger partial charge in [-0.2, -0.15) is 0 Å². The molecule has 106 valence electrons. The van der Waals surface area contributed by atoms with Gasteiger partial charge in [0.25, 0.3) is 0 Å². The van der Waals surface area contributed by atoms with E-state index < -0.39 is 0 Å². The fraction of sp³-hybridized carbons (Fsp3) is 0.600. The van der Waals surface area contributed by atoms with Crippen LogP contribution >= 0.6 is 0 Å². The van der Waals surface area contributed by atoms with Gasteiger partial charge in [-0.1, -0.05) is 6.42 Å². The minimum atomic E-state index is 0.117. The minimum absolute atomic E-state index is 0.117. The summed E-state index contributed by atoms with van der Waals surface area (Å²) in [5.41, 5.74) is 0.941. The van der Waals surface area contributed by atoms with E-state index in [-0.39, 0.29) is 17.5 Å². The van der Waals surface area contributed by atoms with Crippen LogP contribution in [0.25, 0.3) is 0 Å². The first-order valence-electron chi connectivity index (χ1n) is 7.03. The number of hydrogen-bond acceptors (Lipinski definition) is 4. The minimum Gasteiger partial charge on any atom is -0.508 e. The third-order valence-electron chi connectivity index (χ3n) is 3.99. The van der Waals surface area contributed by atoms with Crippen LogP contribution in [0.2, 0.25) is 0 Å². The lowest BCUT2D eigenvalue weighted by molar-refractivity contribution is 0.214. The zero-order chi connectivity index (χ0) is 13.8. The number of benzene rings is 1. The molecule has 0 bridgehead atoms. The fourth-order valence-corrected chi connectivity index (χ4v) is 2.70. The number of piperidine rings is 1. The second kappa shape index (κ2) is 6.26. The van der Waals surface area contributed by atoms with Crippen molar-refractivity contribution in [3.05, 3.63) is 23.8 Å². The molecular weight excluding hydrogens is 240 g/mol. The second-order valence-corrected chi connectivity index (χ2v) is 5.55. The summed E-state index contributed by atoms with van der Waals surface area (Å²) in [7, 11) is 2.09. The third-order valence-corrected chi connectivity index (χ3v) is 3.99. The van der Waals surface area contributed by atoms with Gasteiger partial charge in [0.1, 0.15) is 11.5 Å². The van der Waals surface area contributed by atoms with Crippen molar-refractivity contribution in [3.8, 4) is 11.5 Å². The second-order valence-electron chi connectivity index (χ2n) is 5.55. The Labute approximate surface area is 115 Å². The van der Waals surface area contributed by atoms with E-state index in [9.17, 15) is 10.2 Å². The van der Waals surface area contributed by atoms with E-state index in [4.69, 9.17) is 0 Å². The van der Waals surface area contributed by atoms with Crippen molar-refractivity contribution in [2.24, 2.45) is 0 Å². The van der Waals surface area contributed by atoms with Gasteiger partial charge < -0.3 is 15.5 Å². The van der Waals surface area contributed by atoms with Crippen LogP contribution < -0.4 is 5.32 Å². The molecule has 2 unspecified atom stereocenters. The number of aromatic hydroxyl groups is 2. The monoisotopic (exact) mass is 264 g/mol. The van der Waals surface area contributed by atoms with E-state index in [1.807, 2.05) is 0 Å². The summed E-state index contributed by atoms with van der Waals surface area (Å²) < 4.78 is 0. The van der Waals surface area contributed by atoms with Gasteiger partial charge in [0.15, 0.2) is 0 Å². The zero-order valence-corrected chi connectivity index (χ0v) is 11.8. The van der Waals surface area contributed by atoms with E-state index >= 15 is 0 Å². The largest absolute Gasteiger partial charge is 0.508 e. The molecule has 3 N–H and O–H groups in total. The first kappa shape index (κ1) is 14.2. The van der Waals surface area contributed by atoms with Crippen molar-refractivity contribution in [2.75, 3.05) is 20.1 Å². The molecule has 0 aromatic heterocycles. The fourth-order valence-electron chi connectivity index (χ4n) is 2.70. The van der Waals surface area contributed by atoms with Gasteiger partial charge >= 0.3 is 0 Å². The van der Waals surface area contributed by atoms with Crippen LogP contribution in [0, 0.1) is 0 Å². The molecule has 0 radical (unpaired) electrons. The number of likely N-dealkylation sites (N-methyl/N-ethyl adjacent to an activating group) is 1. The smallest absolute Gasteiger partial charge is 0.119 e. The summed E-state index contributed by atoms with van der Waals surface area (Å²) >= 11 is 0. The Kier molecular flexibility index (Phi) is 4.66. The summed E-state index contributed by atoms with van der Waals surface area (Å²) in [5.74, 6) is 0.233. The van der Waals surface area contributed by atoms with E-state index in [2.05, 4.69) is 24.2 Å². The normalized spacial score (nSPS) is 21.5. The lowest BCUT2D eigenvalue weighted by atomic mass is 10.0. The predicted octanol–water partition coefficient (Wildman–Crippen LogP) is 2.23. The van der Waals surface area contributed by atoms with E-state index in [1.54, 1.807) is 12.1 Å². The van der Waals surface area contributed by atoms with Crippen LogP contribution in [0.1, 0.15) is 37.8 Å². The Morgan fingerprint density at radius 1 is 1.26 bits per heavy atom. The molecule has 0 amide bonds.